The largest absolute Gasteiger partial charge is 0.492 e. The van der Waals surface area contributed by atoms with Crippen LogP contribution in [0.25, 0.3) is 10.7 Å². The number of pyridine rings is 1. The van der Waals surface area contributed by atoms with Crippen molar-refractivity contribution in [2.24, 2.45) is 0 Å². The Morgan fingerprint density at radius 1 is 1.09 bits per heavy atom. The fourth-order valence-corrected chi connectivity index (χ4v) is 2.80. The van der Waals surface area contributed by atoms with E-state index >= 15 is 0 Å². The monoisotopic (exact) mass is 326 g/mol. The molecule has 0 fully saturated rings. The molecule has 3 aromatic rings. The SMILES string of the molecule is Cc1ccc(OCCN(C)c2nnc(-c3ccccn3)s2)cc1. The lowest BCUT2D eigenvalue weighted by atomic mass is 10.2. The summed E-state index contributed by atoms with van der Waals surface area (Å²) in [6.07, 6.45) is 1.76. The minimum absolute atomic E-state index is 0.595. The van der Waals surface area contributed by atoms with Gasteiger partial charge in [0.15, 0.2) is 5.01 Å². The molecule has 0 saturated carbocycles. The summed E-state index contributed by atoms with van der Waals surface area (Å²) in [4.78, 5) is 6.34. The predicted molar refractivity (Wildman–Crippen MR) is 93.1 cm³/mol. The highest BCUT2D eigenvalue weighted by molar-refractivity contribution is 7.18. The van der Waals surface area contributed by atoms with Crippen molar-refractivity contribution in [3.05, 3.63) is 54.2 Å². The molecule has 1 aromatic carbocycles. The second-order valence-corrected chi connectivity index (χ2v) is 6.14. The third kappa shape index (κ3) is 4.04. The van der Waals surface area contributed by atoms with Crippen molar-refractivity contribution in [1.82, 2.24) is 15.2 Å². The highest BCUT2D eigenvalue weighted by Gasteiger charge is 2.11. The van der Waals surface area contributed by atoms with Crippen LogP contribution in [0.5, 0.6) is 5.75 Å². The average Bonchev–Trinajstić information content (AvgIpc) is 3.07. The van der Waals surface area contributed by atoms with Gasteiger partial charge in [0.2, 0.25) is 5.13 Å². The van der Waals surface area contributed by atoms with Crippen LogP contribution in [0, 0.1) is 6.92 Å². The van der Waals surface area contributed by atoms with Gasteiger partial charge < -0.3 is 9.64 Å². The van der Waals surface area contributed by atoms with Crippen molar-refractivity contribution in [3.8, 4) is 16.5 Å². The van der Waals surface area contributed by atoms with Gasteiger partial charge in [-0.1, -0.05) is 35.1 Å². The summed E-state index contributed by atoms with van der Waals surface area (Å²) in [5.41, 5.74) is 2.07. The molecule has 2 aromatic heterocycles. The van der Waals surface area contributed by atoms with Gasteiger partial charge in [-0.2, -0.15) is 0 Å². The molecule has 23 heavy (non-hydrogen) atoms. The van der Waals surface area contributed by atoms with Gasteiger partial charge in [0.25, 0.3) is 0 Å². The van der Waals surface area contributed by atoms with E-state index in [0.717, 1.165) is 28.1 Å². The number of likely N-dealkylation sites (N-methyl/N-ethyl adjacent to an activating group) is 1. The Balaban J connectivity index is 1.55. The predicted octanol–water partition coefficient (Wildman–Crippen LogP) is 3.42. The van der Waals surface area contributed by atoms with E-state index in [4.69, 9.17) is 4.74 Å². The van der Waals surface area contributed by atoms with E-state index in [2.05, 4.69) is 22.1 Å². The molecule has 0 aliphatic carbocycles. The Morgan fingerprint density at radius 3 is 2.65 bits per heavy atom. The Hall–Kier alpha value is -2.47. The van der Waals surface area contributed by atoms with Crippen molar-refractivity contribution in [1.29, 1.82) is 0 Å². The zero-order chi connectivity index (χ0) is 16.1. The van der Waals surface area contributed by atoms with Crippen molar-refractivity contribution >= 4 is 16.5 Å². The normalized spacial score (nSPS) is 10.5. The number of anilines is 1. The molecular formula is C17H18N4OS. The molecule has 0 saturated heterocycles. The Morgan fingerprint density at radius 2 is 1.91 bits per heavy atom. The van der Waals surface area contributed by atoms with Gasteiger partial charge in [-0.05, 0) is 31.2 Å². The number of aryl methyl sites for hydroxylation is 1. The Kier molecular flexibility index (Phi) is 4.83. The zero-order valence-corrected chi connectivity index (χ0v) is 14.0. The topological polar surface area (TPSA) is 51.1 Å². The molecule has 0 N–H and O–H groups in total. The first-order valence-electron chi connectivity index (χ1n) is 7.38. The molecule has 6 heteroatoms. The van der Waals surface area contributed by atoms with Crippen LogP contribution < -0.4 is 9.64 Å². The van der Waals surface area contributed by atoms with Crippen LogP contribution in [0.2, 0.25) is 0 Å². The van der Waals surface area contributed by atoms with E-state index in [1.54, 1.807) is 6.20 Å². The summed E-state index contributed by atoms with van der Waals surface area (Å²) in [6.45, 7) is 3.40. The lowest BCUT2D eigenvalue weighted by molar-refractivity contribution is 0.326. The van der Waals surface area contributed by atoms with Gasteiger partial charge in [-0.15, -0.1) is 10.2 Å². The van der Waals surface area contributed by atoms with Crippen LogP contribution in [0.3, 0.4) is 0 Å². The van der Waals surface area contributed by atoms with E-state index in [1.807, 2.05) is 54.4 Å². The number of hydrogen-bond acceptors (Lipinski definition) is 6. The van der Waals surface area contributed by atoms with E-state index in [9.17, 15) is 0 Å². The zero-order valence-electron chi connectivity index (χ0n) is 13.1. The third-order valence-corrected chi connectivity index (χ3v) is 4.40. The minimum atomic E-state index is 0.595. The van der Waals surface area contributed by atoms with Crippen LogP contribution >= 0.6 is 11.3 Å². The molecule has 0 aliphatic rings. The number of aromatic nitrogens is 3. The number of rotatable bonds is 6. The quantitative estimate of drug-likeness (QED) is 0.695. The van der Waals surface area contributed by atoms with Crippen molar-refractivity contribution in [2.75, 3.05) is 25.1 Å². The molecule has 0 radical (unpaired) electrons. The first-order chi connectivity index (χ1) is 11.2. The standard InChI is InChI=1S/C17H18N4OS/c1-13-6-8-14(9-7-13)22-12-11-21(2)17-20-19-16(23-17)15-5-3-4-10-18-15/h3-10H,11-12H2,1-2H3. The fraction of sp³-hybridized carbons (Fsp3) is 0.235. The van der Waals surface area contributed by atoms with Gasteiger partial charge in [0.05, 0.1) is 6.54 Å². The number of nitrogens with zero attached hydrogens (tertiary/aromatic N) is 4. The van der Waals surface area contributed by atoms with E-state index in [1.165, 1.54) is 16.9 Å². The molecule has 2 heterocycles. The second kappa shape index (κ2) is 7.19. The average molecular weight is 326 g/mol. The van der Waals surface area contributed by atoms with Gasteiger partial charge in [-0.25, -0.2) is 0 Å². The first kappa shape index (κ1) is 15.4. The number of hydrogen-bond donors (Lipinski definition) is 0. The highest BCUT2D eigenvalue weighted by atomic mass is 32.1. The van der Waals surface area contributed by atoms with Crippen LogP contribution in [0.15, 0.2) is 48.7 Å². The summed E-state index contributed by atoms with van der Waals surface area (Å²) >= 11 is 1.53. The van der Waals surface area contributed by atoms with E-state index in [-0.39, 0.29) is 0 Å². The second-order valence-electron chi connectivity index (χ2n) is 5.19. The molecule has 0 unspecified atom stereocenters. The first-order valence-corrected chi connectivity index (χ1v) is 8.19. The highest BCUT2D eigenvalue weighted by Crippen LogP contribution is 2.26. The summed E-state index contributed by atoms with van der Waals surface area (Å²) in [5, 5.41) is 10.1. The minimum Gasteiger partial charge on any atom is -0.492 e. The molecule has 0 amide bonds. The maximum atomic E-state index is 5.75. The molecule has 0 aliphatic heterocycles. The summed E-state index contributed by atoms with van der Waals surface area (Å²) in [6, 6.07) is 13.8. The van der Waals surface area contributed by atoms with Gasteiger partial charge in [0.1, 0.15) is 18.1 Å². The molecule has 0 spiro atoms. The molecule has 5 nitrogen and oxygen atoms in total. The molecule has 0 bridgehead atoms. The van der Waals surface area contributed by atoms with Crippen LogP contribution in [-0.4, -0.2) is 35.4 Å². The lowest BCUT2D eigenvalue weighted by Gasteiger charge is -2.15. The smallest absolute Gasteiger partial charge is 0.208 e. The van der Waals surface area contributed by atoms with Gasteiger partial charge >= 0.3 is 0 Å². The lowest BCUT2D eigenvalue weighted by Crippen LogP contribution is -2.23. The Bertz CT molecular complexity index is 743. The molecule has 118 valence electrons. The third-order valence-electron chi connectivity index (χ3n) is 3.34. The van der Waals surface area contributed by atoms with Crippen molar-refractivity contribution < 1.29 is 4.74 Å². The van der Waals surface area contributed by atoms with Crippen LogP contribution in [-0.2, 0) is 0 Å². The maximum Gasteiger partial charge on any atom is 0.208 e. The van der Waals surface area contributed by atoms with Gasteiger partial charge in [0, 0.05) is 13.2 Å². The maximum absolute atomic E-state index is 5.75. The Labute approximate surface area is 139 Å². The number of benzene rings is 1. The van der Waals surface area contributed by atoms with Crippen molar-refractivity contribution in [3.63, 3.8) is 0 Å². The van der Waals surface area contributed by atoms with Crippen LogP contribution in [0.4, 0.5) is 5.13 Å². The van der Waals surface area contributed by atoms with Crippen LogP contribution in [0.1, 0.15) is 5.56 Å². The summed E-state index contributed by atoms with van der Waals surface area (Å²) in [7, 11) is 1.99. The molecule has 3 rings (SSSR count). The fourth-order valence-electron chi connectivity index (χ4n) is 1.99. The van der Waals surface area contributed by atoms with Gasteiger partial charge in [-0.3, -0.25) is 4.98 Å². The van der Waals surface area contributed by atoms with E-state index < -0.39 is 0 Å². The summed E-state index contributed by atoms with van der Waals surface area (Å²) in [5.74, 6) is 0.885. The molecule has 0 atom stereocenters. The van der Waals surface area contributed by atoms with E-state index in [0.29, 0.717) is 6.61 Å². The van der Waals surface area contributed by atoms with Crippen molar-refractivity contribution in [2.45, 2.75) is 6.92 Å². The number of ether oxygens (including phenoxy) is 1. The summed E-state index contributed by atoms with van der Waals surface area (Å²) < 4.78 is 5.75. The molecular weight excluding hydrogens is 308 g/mol.